The first-order valence-electron chi connectivity index (χ1n) is 13.8. The third-order valence-electron chi connectivity index (χ3n) is 6.97. The summed E-state index contributed by atoms with van der Waals surface area (Å²) in [6, 6.07) is 17.4. The monoisotopic (exact) mass is 721 g/mol. The summed E-state index contributed by atoms with van der Waals surface area (Å²) in [5, 5.41) is 10.3. The van der Waals surface area contributed by atoms with Gasteiger partial charge >= 0.3 is 0 Å². The molecule has 47 heavy (non-hydrogen) atoms. The molecule has 0 saturated heterocycles. The minimum Gasteiger partial charge on any atom is -1.00 e. The minimum atomic E-state index is -0.763. The van der Waals surface area contributed by atoms with Gasteiger partial charge in [0, 0.05) is 24.0 Å². The number of nitrogens with two attached hydrogens (primary N) is 4. The summed E-state index contributed by atoms with van der Waals surface area (Å²) in [5.74, 6) is -1.74. The molecule has 0 aliphatic heterocycles. The number of rotatable bonds is 7. The first-order chi connectivity index (χ1) is 21.6. The second kappa shape index (κ2) is 18.1. The highest BCUT2D eigenvalue weighted by Gasteiger charge is 2.50. The fourth-order valence-corrected chi connectivity index (χ4v) is 4.02. The Balaban J connectivity index is 0.000000330. The van der Waals surface area contributed by atoms with Crippen molar-refractivity contribution in [3.05, 3.63) is 71.8 Å². The summed E-state index contributed by atoms with van der Waals surface area (Å²) >= 11 is 13.8. The number of halogens is 1. The molecule has 0 spiro atoms. The standard InChI is InChI=1S/C12H13N3O2S.C8H5NOS.C5H9N3OS.C4H8N2O.ClH/c13-10(17)12(6-7-12)15-11(18)14-9(16)8-4-2-1-3-5-8;10-8(9-6-11)7-4-2-1-3-5-7;6-3(9)5(1-2-5)8-4(7)10;5-3(7)4(6)1-2-4;/h1-5H,6-7H2,(H2,13,17)(H2,14,15,16,18);1-5H;1-2H2,(H2,6,9)(H3,7,8,10);1-2,6H2,(H2,5,7);1H. The number of aliphatic imine (C=N–C) groups is 1. The summed E-state index contributed by atoms with van der Waals surface area (Å²) in [7, 11) is 0. The van der Waals surface area contributed by atoms with Crippen molar-refractivity contribution in [2.75, 3.05) is 0 Å². The Hall–Kier alpha value is -4.38. The smallest absolute Gasteiger partial charge is 0.285 e. The maximum absolute atomic E-state index is 11.8. The van der Waals surface area contributed by atoms with Gasteiger partial charge in [-0.3, -0.25) is 29.3 Å². The van der Waals surface area contributed by atoms with Crippen molar-refractivity contribution in [2.24, 2.45) is 27.9 Å². The SMILES string of the molecule is NC(=O)C1(NC(=S)NC(=O)c2ccccc2)CC1.NC(=O)C1(NC(N)=S)CC1.NC(=O)C1([NH3+])CC1.O=C(N=C=S)c1ccccc1.[Cl-]. The van der Waals surface area contributed by atoms with E-state index in [1.807, 2.05) is 17.3 Å². The average Bonchev–Trinajstić information content (AvgIpc) is 3.90. The van der Waals surface area contributed by atoms with Crippen LogP contribution in [0, 0.1) is 0 Å². The zero-order valence-electron chi connectivity index (χ0n) is 25.1. The Morgan fingerprint density at radius 3 is 1.43 bits per heavy atom. The van der Waals surface area contributed by atoms with Gasteiger partial charge in [0.1, 0.15) is 11.1 Å². The summed E-state index contributed by atoms with van der Waals surface area (Å²) in [5.41, 5.74) is 23.3. The van der Waals surface area contributed by atoms with Crippen molar-refractivity contribution in [3.8, 4) is 0 Å². The number of benzene rings is 2. The van der Waals surface area contributed by atoms with Crippen molar-refractivity contribution in [3.63, 3.8) is 0 Å². The number of amides is 5. The van der Waals surface area contributed by atoms with Gasteiger partial charge in [-0.1, -0.05) is 36.4 Å². The molecule has 0 unspecified atom stereocenters. The maximum atomic E-state index is 11.8. The molecule has 18 heteroatoms. The van der Waals surface area contributed by atoms with E-state index in [1.54, 1.807) is 48.5 Å². The van der Waals surface area contributed by atoms with Gasteiger partial charge in [-0.2, -0.15) is 4.99 Å². The molecule has 3 saturated carbocycles. The Morgan fingerprint density at radius 2 is 1.13 bits per heavy atom. The van der Waals surface area contributed by atoms with Gasteiger partial charge < -0.3 is 51.7 Å². The van der Waals surface area contributed by atoms with Gasteiger partial charge in [-0.25, -0.2) is 0 Å². The van der Waals surface area contributed by atoms with E-state index in [0.29, 0.717) is 24.0 Å². The first kappa shape index (κ1) is 40.6. The number of thiocarbonyl (C=S) groups is 3. The Kier molecular flexibility index (Phi) is 15.6. The topological polar surface area (TPSA) is 266 Å². The van der Waals surface area contributed by atoms with Gasteiger partial charge in [-0.15, -0.1) is 0 Å². The number of carbonyl (C=O) groups is 5. The van der Waals surface area contributed by atoms with Crippen LogP contribution in [0.3, 0.4) is 0 Å². The number of hydrogen-bond donors (Lipinski definition) is 8. The van der Waals surface area contributed by atoms with E-state index in [-0.39, 0.29) is 51.8 Å². The average molecular weight is 722 g/mol. The van der Waals surface area contributed by atoms with Gasteiger partial charge in [0.05, 0.1) is 5.16 Å². The van der Waals surface area contributed by atoms with Crippen LogP contribution >= 0.6 is 36.7 Å². The van der Waals surface area contributed by atoms with Crippen LogP contribution in [0.4, 0.5) is 0 Å². The van der Waals surface area contributed by atoms with Crippen molar-refractivity contribution < 1.29 is 42.1 Å². The summed E-state index contributed by atoms with van der Waals surface area (Å²) < 4.78 is 0. The van der Waals surface area contributed by atoms with Crippen LogP contribution in [0.25, 0.3) is 0 Å². The van der Waals surface area contributed by atoms with Gasteiger partial charge in [0.25, 0.3) is 17.7 Å². The number of nitrogens with one attached hydrogen (secondary N) is 3. The first-order valence-corrected chi connectivity index (χ1v) is 15.0. The molecular weight excluding hydrogens is 686 g/mol. The molecule has 0 atom stereocenters. The molecule has 0 radical (unpaired) electrons. The fourth-order valence-electron chi connectivity index (χ4n) is 3.45. The number of isothiocyanates is 1. The third kappa shape index (κ3) is 13.5. The molecule has 5 amide bonds. The Morgan fingerprint density at radius 1 is 0.702 bits per heavy atom. The van der Waals surface area contributed by atoms with Crippen molar-refractivity contribution >= 4 is 81.6 Å². The number of nitrogens with zero attached hydrogens (tertiary/aromatic N) is 1. The lowest BCUT2D eigenvalue weighted by Crippen LogP contribution is -3.00. The summed E-state index contributed by atoms with van der Waals surface area (Å²) in [6.07, 6.45) is 4.51. The van der Waals surface area contributed by atoms with E-state index >= 15 is 0 Å². The summed E-state index contributed by atoms with van der Waals surface area (Å²) in [4.78, 5) is 58.1. The van der Waals surface area contributed by atoms with Crippen LogP contribution < -0.4 is 57.0 Å². The molecule has 2 aromatic carbocycles. The molecule has 0 aromatic heterocycles. The van der Waals surface area contributed by atoms with E-state index in [2.05, 4.69) is 51.1 Å². The lowest BCUT2D eigenvalue weighted by molar-refractivity contribution is -0.420. The zero-order valence-corrected chi connectivity index (χ0v) is 28.3. The van der Waals surface area contributed by atoms with Crippen molar-refractivity contribution in [2.45, 2.75) is 55.1 Å². The van der Waals surface area contributed by atoms with Crippen LogP contribution in [-0.4, -0.2) is 61.5 Å². The highest BCUT2D eigenvalue weighted by atomic mass is 35.5. The molecule has 252 valence electrons. The third-order valence-corrected chi connectivity index (χ3v) is 7.36. The van der Waals surface area contributed by atoms with E-state index in [1.165, 1.54) is 0 Å². The second-order valence-electron chi connectivity index (χ2n) is 10.7. The molecule has 3 aliphatic carbocycles. The van der Waals surface area contributed by atoms with Crippen LogP contribution in [0.5, 0.6) is 0 Å². The van der Waals surface area contributed by atoms with E-state index in [9.17, 15) is 24.0 Å². The number of primary amides is 3. The quantitative estimate of drug-likeness (QED) is 0.102. The predicted molar refractivity (Wildman–Crippen MR) is 182 cm³/mol. The molecule has 14 N–H and O–H groups in total. The lowest BCUT2D eigenvalue weighted by atomic mass is 10.2. The molecular formula is C29H36ClN9O5S3. The number of quaternary nitrogens is 1. The predicted octanol–water partition coefficient (Wildman–Crippen LogP) is -3.67. The maximum Gasteiger partial charge on any atom is 0.285 e. The van der Waals surface area contributed by atoms with Crippen molar-refractivity contribution in [1.82, 2.24) is 16.0 Å². The van der Waals surface area contributed by atoms with E-state index in [4.69, 9.17) is 35.2 Å². The summed E-state index contributed by atoms with van der Waals surface area (Å²) in [6.45, 7) is 0. The second-order valence-corrected chi connectivity index (χ2v) is 11.7. The molecule has 3 aliphatic rings. The normalized spacial score (nSPS) is 15.7. The van der Waals surface area contributed by atoms with Crippen LogP contribution in [0.1, 0.15) is 59.2 Å². The molecule has 2 aromatic rings. The fraction of sp³-hybridized carbons (Fsp3) is 0.310. The van der Waals surface area contributed by atoms with Gasteiger partial charge in [0.2, 0.25) is 11.8 Å². The zero-order chi connectivity index (χ0) is 34.5. The molecule has 0 bridgehead atoms. The Labute approximate surface area is 293 Å². The van der Waals surface area contributed by atoms with Crippen LogP contribution in [0.15, 0.2) is 65.7 Å². The molecule has 14 nitrogen and oxygen atoms in total. The van der Waals surface area contributed by atoms with Gasteiger partial charge in [-0.05, 0) is 86.6 Å². The van der Waals surface area contributed by atoms with Crippen LogP contribution in [-0.2, 0) is 14.4 Å². The number of hydrogen-bond acceptors (Lipinski definition) is 8. The van der Waals surface area contributed by atoms with E-state index < -0.39 is 17.0 Å². The van der Waals surface area contributed by atoms with Crippen molar-refractivity contribution in [1.29, 1.82) is 0 Å². The minimum absolute atomic E-state index is 0. The molecule has 5 rings (SSSR count). The number of carbonyl (C=O) groups excluding carboxylic acids is 5. The molecule has 0 heterocycles. The lowest BCUT2D eigenvalue weighted by Gasteiger charge is -2.16. The highest BCUT2D eigenvalue weighted by molar-refractivity contribution is 7.80. The Bertz CT molecular complexity index is 1530. The largest absolute Gasteiger partial charge is 1.00 e. The van der Waals surface area contributed by atoms with Gasteiger partial charge in [0.15, 0.2) is 15.8 Å². The molecule has 3 fully saturated rings. The highest BCUT2D eigenvalue weighted by Crippen LogP contribution is 2.35. The van der Waals surface area contributed by atoms with E-state index in [0.717, 1.165) is 25.7 Å². The van der Waals surface area contributed by atoms with Crippen LogP contribution in [0.2, 0.25) is 0 Å².